The molecule has 0 aliphatic carbocycles. The topological polar surface area (TPSA) is 92.7 Å². The normalized spacial score (nSPS) is 15.0. The van der Waals surface area contributed by atoms with Gasteiger partial charge < -0.3 is 4.74 Å². The van der Waals surface area contributed by atoms with Crippen LogP contribution in [0, 0.1) is 5.92 Å². The van der Waals surface area contributed by atoms with E-state index in [0.717, 1.165) is 28.8 Å². The lowest BCUT2D eigenvalue weighted by Gasteiger charge is -2.29. The first-order valence-corrected chi connectivity index (χ1v) is 15.0. The molecule has 2 aromatic carbocycles. The van der Waals surface area contributed by atoms with E-state index in [4.69, 9.17) is 9.72 Å². The van der Waals surface area contributed by atoms with E-state index in [1.54, 1.807) is 23.2 Å². The summed E-state index contributed by atoms with van der Waals surface area (Å²) in [6, 6.07) is 17.4. The van der Waals surface area contributed by atoms with Gasteiger partial charge in [-0.15, -0.1) is 0 Å². The molecule has 1 saturated heterocycles. The lowest BCUT2D eigenvalue weighted by atomic mass is 10.0. The van der Waals surface area contributed by atoms with Crippen LogP contribution in [0.2, 0.25) is 0 Å². The van der Waals surface area contributed by atoms with E-state index in [1.807, 2.05) is 43.3 Å². The Balaban J connectivity index is 1.44. The summed E-state index contributed by atoms with van der Waals surface area (Å²) >= 11 is 1.40. The maximum absolute atomic E-state index is 13.8. The first-order valence-electron chi connectivity index (χ1n) is 12.7. The number of fused-ring (bicyclic) bond motifs is 1. The van der Waals surface area contributed by atoms with E-state index in [-0.39, 0.29) is 17.3 Å². The van der Waals surface area contributed by atoms with Crippen LogP contribution in [0.25, 0.3) is 10.2 Å². The molecule has 0 N–H and O–H groups in total. The van der Waals surface area contributed by atoms with Crippen molar-refractivity contribution >= 4 is 42.6 Å². The zero-order chi connectivity index (χ0) is 26.7. The number of carbonyl (C=O) groups is 1. The molecule has 1 aliphatic heterocycles. The molecule has 0 unspecified atom stereocenters. The van der Waals surface area contributed by atoms with Gasteiger partial charge in [0.25, 0.3) is 5.91 Å². The van der Waals surface area contributed by atoms with E-state index < -0.39 is 10.0 Å². The third kappa shape index (κ3) is 5.57. The Bertz CT molecular complexity index is 1510. The molecule has 0 bridgehead atoms. The zero-order valence-electron chi connectivity index (χ0n) is 21.4. The highest BCUT2D eigenvalue weighted by Crippen LogP contribution is 2.33. The van der Waals surface area contributed by atoms with Crippen LogP contribution in [0.15, 0.2) is 71.8 Å². The smallest absolute Gasteiger partial charge is 0.260 e. The second-order valence-electron chi connectivity index (χ2n) is 9.38. The van der Waals surface area contributed by atoms with Crippen molar-refractivity contribution in [3.05, 3.63) is 78.1 Å². The number of hydrogen-bond donors (Lipinski definition) is 0. The van der Waals surface area contributed by atoms with Gasteiger partial charge in [0.1, 0.15) is 5.75 Å². The molecule has 1 fully saturated rings. The van der Waals surface area contributed by atoms with Crippen molar-refractivity contribution in [3.8, 4) is 5.75 Å². The SMILES string of the molecule is CCOc1ccc2nc(N(Cc3ccccn3)C(=O)c3ccc(S(=O)(=O)N4CCC(C)CC4)cc3)sc2c1. The minimum atomic E-state index is -3.60. The van der Waals surface area contributed by atoms with Gasteiger partial charge in [0.15, 0.2) is 5.13 Å². The molecule has 0 saturated carbocycles. The highest BCUT2D eigenvalue weighted by Gasteiger charge is 2.29. The van der Waals surface area contributed by atoms with Crippen molar-refractivity contribution in [2.75, 3.05) is 24.6 Å². The highest BCUT2D eigenvalue weighted by molar-refractivity contribution is 7.89. The van der Waals surface area contributed by atoms with Crippen LogP contribution < -0.4 is 9.64 Å². The number of piperidine rings is 1. The van der Waals surface area contributed by atoms with Gasteiger partial charge in [-0.3, -0.25) is 14.7 Å². The first kappa shape index (κ1) is 26.3. The predicted octanol–water partition coefficient (Wildman–Crippen LogP) is 5.36. The van der Waals surface area contributed by atoms with E-state index >= 15 is 0 Å². The summed E-state index contributed by atoms with van der Waals surface area (Å²) in [4.78, 5) is 24.7. The first-order chi connectivity index (χ1) is 18.3. The highest BCUT2D eigenvalue weighted by atomic mass is 32.2. The largest absolute Gasteiger partial charge is 0.494 e. The molecule has 10 heteroatoms. The van der Waals surface area contributed by atoms with Crippen LogP contribution in [-0.4, -0.2) is 48.3 Å². The summed E-state index contributed by atoms with van der Waals surface area (Å²) in [6.07, 6.45) is 3.39. The van der Waals surface area contributed by atoms with Crippen molar-refractivity contribution < 1.29 is 17.9 Å². The molecule has 8 nitrogen and oxygen atoms in total. The van der Waals surface area contributed by atoms with E-state index in [0.29, 0.717) is 42.0 Å². The fourth-order valence-electron chi connectivity index (χ4n) is 4.44. The molecule has 4 aromatic rings. The minimum Gasteiger partial charge on any atom is -0.494 e. The second-order valence-corrected chi connectivity index (χ2v) is 12.3. The number of rotatable bonds is 8. The number of aromatic nitrogens is 2. The number of carbonyl (C=O) groups excluding carboxylic acids is 1. The molecule has 3 heterocycles. The van der Waals surface area contributed by atoms with Gasteiger partial charge >= 0.3 is 0 Å². The van der Waals surface area contributed by atoms with Gasteiger partial charge in [0.2, 0.25) is 10.0 Å². The van der Waals surface area contributed by atoms with Crippen molar-refractivity contribution in [3.63, 3.8) is 0 Å². The number of benzene rings is 2. The second kappa shape index (κ2) is 11.2. The number of sulfonamides is 1. The molecule has 38 heavy (non-hydrogen) atoms. The number of hydrogen-bond acceptors (Lipinski definition) is 7. The predicted molar refractivity (Wildman–Crippen MR) is 149 cm³/mol. The van der Waals surface area contributed by atoms with Gasteiger partial charge in [-0.1, -0.05) is 24.3 Å². The fourth-order valence-corrected chi connectivity index (χ4v) is 6.91. The van der Waals surface area contributed by atoms with Gasteiger partial charge in [-0.25, -0.2) is 13.4 Å². The van der Waals surface area contributed by atoms with Gasteiger partial charge in [0, 0.05) is 24.8 Å². The van der Waals surface area contributed by atoms with Gasteiger partial charge in [0.05, 0.1) is 34.0 Å². The summed E-state index contributed by atoms with van der Waals surface area (Å²) in [7, 11) is -3.60. The molecular formula is C28H30N4O4S2. The Morgan fingerprint density at radius 2 is 1.87 bits per heavy atom. The maximum atomic E-state index is 13.8. The monoisotopic (exact) mass is 550 g/mol. The van der Waals surface area contributed by atoms with Crippen molar-refractivity contribution in [2.45, 2.75) is 38.1 Å². The van der Waals surface area contributed by atoms with Crippen molar-refractivity contribution in [1.82, 2.24) is 14.3 Å². The lowest BCUT2D eigenvalue weighted by molar-refractivity contribution is 0.0984. The lowest BCUT2D eigenvalue weighted by Crippen LogP contribution is -2.37. The zero-order valence-corrected chi connectivity index (χ0v) is 23.0. The third-order valence-electron chi connectivity index (χ3n) is 6.66. The number of ether oxygens (including phenoxy) is 1. The summed E-state index contributed by atoms with van der Waals surface area (Å²) in [5, 5.41) is 0.531. The summed E-state index contributed by atoms with van der Waals surface area (Å²) in [5.74, 6) is 0.994. The molecule has 0 atom stereocenters. The van der Waals surface area contributed by atoms with Gasteiger partial charge in [-0.2, -0.15) is 4.31 Å². The number of pyridine rings is 1. The molecule has 0 spiro atoms. The van der Waals surface area contributed by atoms with Crippen molar-refractivity contribution in [1.29, 1.82) is 0 Å². The Morgan fingerprint density at radius 3 is 2.55 bits per heavy atom. The van der Waals surface area contributed by atoms with Crippen LogP contribution >= 0.6 is 11.3 Å². The maximum Gasteiger partial charge on any atom is 0.260 e. The summed E-state index contributed by atoms with van der Waals surface area (Å²) < 4.78 is 34.4. The van der Waals surface area contributed by atoms with E-state index in [1.165, 1.54) is 27.8 Å². The fraction of sp³-hybridized carbons (Fsp3) is 0.321. The molecule has 5 rings (SSSR count). The Labute approximate surface area is 227 Å². The van der Waals surface area contributed by atoms with Gasteiger partial charge in [-0.05, 0) is 80.3 Å². The standard InChI is InChI=1S/C28H30N4O4S2/c1-3-36-23-9-12-25-26(18-23)37-28(30-25)32(19-22-6-4-5-15-29-22)27(33)21-7-10-24(11-8-21)38(34,35)31-16-13-20(2)14-17-31/h4-12,15,18,20H,3,13-14,16-17,19H2,1-2H3. The van der Waals surface area contributed by atoms with E-state index in [2.05, 4.69) is 11.9 Å². The summed E-state index contributed by atoms with van der Waals surface area (Å²) in [5.41, 5.74) is 1.86. The summed E-state index contributed by atoms with van der Waals surface area (Å²) in [6.45, 7) is 5.90. The van der Waals surface area contributed by atoms with Crippen molar-refractivity contribution in [2.24, 2.45) is 5.92 Å². The average Bonchev–Trinajstić information content (AvgIpc) is 3.36. The number of thiazole rings is 1. The molecule has 198 valence electrons. The molecule has 2 aromatic heterocycles. The van der Waals surface area contributed by atoms with E-state index in [9.17, 15) is 13.2 Å². The third-order valence-corrected chi connectivity index (χ3v) is 9.62. The molecule has 1 amide bonds. The average molecular weight is 551 g/mol. The molecule has 1 aliphatic rings. The van der Waals surface area contributed by atoms with Crippen LogP contribution in [0.1, 0.15) is 42.7 Å². The number of anilines is 1. The van der Waals surface area contributed by atoms with Crippen LogP contribution in [0.3, 0.4) is 0 Å². The van der Waals surface area contributed by atoms with Crippen LogP contribution in [0.4, 0.5) is 5.13 Å². The number of nitrogens with zero attached hydrogens (tertiary/aromatic N) is 4. The molecular weight excluding hydrogens is 520 g/mol. The number of amides is 1. The molecule has 0 radical (unpaired) electrons. The Hall–Kier alpha value is -3.34. The quantitative estimate of drug-likeness (QED) is 0.293. The minimum absolute atomic E-state index is 0.198. The van der Waals surface area contributed by atoms with Crippen LogP contribution in [0.5, 0.6) is 5.75 Å². The Kier molecular flexibility index (Phi) is 7.73. The van der Waals surface area contributed by atoms with Crippen LogP contribution in [-0.2, 0) is 16.6 Å². The Morgan fingerprint density at radius 1 is 1.11 bits per heavy atom.